The average Bonchev–Trinajstić information content (AvgIpc) is 3.07. The van der Waals surface area contributed by atoms with Crippen molar-refractivity contribution in [1.29, 1.82) is 0 Å². The smallest absolute Gasteiger partial charge is 0.317 e. The standard InChI is InChI=1S/C12H12BrN3O3S/c13-8-1-2-20-9(8)3-14-12(19)16-4-6-7(5-16)11(18)15-10(6)17/h1-2,6-7H,3-5H2,(H,14,19)(H,15,17,18)/t6-,7+. The molecule has 2 N–H and O–H groups in total. The summed E-state index contributed by atoms with van der Waals surface area (Å²) in [4.78, 5) is 37.7. The first-order valence-electron chi connectivity index (χ1n) is 6.15. The molecule has 0 unspecified atom stereocenters. The highest BCUT2D eigenvalue weighted by molar-refractivity contribution is 9.10. The number of fused-ring (bicyclic) bond motifs is 1. The Balaban J connectivity index is 1.58. The zero-order valence-electron chi connectivity index (χ0n) is 10.4. The molecule has 1 aromatic heterocycles. The van der Waals surface area contributed by atoms with Gasteiger partial charge in [-0.25, -0.2) is 4.79 Å². The second-order valence-corrected chi connectivity index (χ2v) is 6.68. The molecule has 2 atom stereocenters. The van der Waals surface area contributed by atoms with E-state index in [4.69, 9.17) is 0 Å². The van der Waals surface area contributed by atoms with Gasteiger partial charge >= 0.3 is 6.03 Å². The molecular formula is C12H12BrN3O3S. The second-order valence-electron chi connectivity index (χ2n) is 4.82. The van der Waals surface area contributed by atoms with E-state index in [1.165, 1.54) is 4.90 Å². The number of likely N-dealkylation sites (tertiary alicyclic amines) is 1. The number of imide groups is 1. The predicted molar refractivity (Wildman–Crippen MR) is 76.0 cm³/mol. The third-order valence-electron chi connectivity index (χ3n) is 3.62. The fourth-order valence-electron chi connectivity index (χ4n) is 2.53. The zero-order valence-corrected chi connectivity index (χ0v) is 12.8. The maximum Gasteiger partial charge on any atom is 0.317 e. The molecule has 0 aliphatic carbocycles. The molecular weight excluding hydrogens is 346 g/mol. The first-order valence-corrected chi connectivity index (χ1v) is 7.83. The molecule has 2 aliphatic rings. The highest BCUT2D eigenvalue weighted by Gasteiger charge is 2.48. The van der Waals surface area contributed by atoms with Gasteiger partial charge in [-0.2, -0.15) is 0 Å². The lowest BCUT2D eigenvalue weighted by Gasteiger charge is -2.17. The molecule has 0 saturated carbocycles. The van der Waals surface area contributed by atoms with E-state index in [0.29, 0.717) is 19.6 Å². The molecule has 6 nitrogen and oxygen atoms in total. The quantitative estimate of drug-likeness (QED) is 0.772. The Kier molecular flexibility index (Phi) is 3.51. The van der Waals surface area contributed by atoms with Gasteiger partial charge in [-0.15, -0.1) is 11.3 Å². The molecule has 0 radical (unpaired) electrons. The fraction of sp³-hybridized carbons (Fsp3) is 0.417. The van der Waals surface area contributed by atoms with E-state index >= 15 is 0 Å². The van der Waals surface area contributed by atoms with E-state index in [1.807, 2.05) is 11.4 Å². The highest BCUT2D eigenvalue weighted by Crippen LogP contribution is 2.28. The molecule has 0 spiro atoms. The van der Waals surface area contributed by atoms with E-state index < -0.39 is 0 Å². The van der Waals surface area contributed by atoms with Crippen molar-refractivity contribution in [3.63, 3.8) is 0 Å². The Morgan fingerprint density at radius 2 is 2.05 bits per heavy atom. The van der Waals surface area contributed by atoms with E-state index in [9.17, 15) is 14.4 Å². The molecule has 3 rings (SSSR count). The summed E-state index contributed by atoms with van der Waals surface area (Å²) in [6.45, 7) is 1.04. The van der Waals surface area contributed by atoms with Crippen LogP contribution in [0.5, 0.6) is 0 Å². The van der Waals surface area contributed by atoms with Crippen LogP contribution in [-0.2, 0) is 16.1 Å². The number of rotatable bonds is 2. The average molecular weight is 358 g/mol. The SMILES string of the molecule is O=C1NC(=O)[C@@H]2CN(C(=O)NCc3sccc3Br)C[C@H]12. The summed E-state index contributed by atoms with van der Waals surface area (Å²) in [7, 11) is 0. The van der Waals surface area contributed by atoms with Crippen molar-refractivity contribution >= 4 is 45.1 Å². The number of hydrogen-bond donors (Lipinski definition) is 2. The number of carbonyl (C=O) groups is 3. The molecule has 3 heterocycles. The zero-order chi connectivity index (χ0) is 14.3. The number of hydrogen-bond acceptors (Lipinski definition) is 4. The third kappa shape index (κ3) is 2.33. The molecule has 8 heteroatoms. The Morgan fingerprint density at radius 1 is 1.40 bits per heavy atom. The summed E-state index contributed by atoms with van der Waals surface area (Å²) in [6, 6.07) is 1.69. The van der Waals surface area contributed by atoms with Gasteiger partial charge in [0.15, 0.2) is 0 Å². The molecule has 2 saturated heterocycles. The van der Waals surface area contributed by atoms with Gasteiger partial charge in [-0.05, 0) is 27.4 Å². The van der Waals surface area contributed by atoms with Crippen molar-refractivity contribution in [2.75, 3.05) is 13.1 Å². The number of urea groups is 1. The fourth-order valence-corrected chi connectivity index (χ4v) is 3.96. The van der Waals surface area contributed by atoms with Crippen LogP contribution < -0.4 is 10.6 Å². The predicted octanol–water partition coefficient (Wildman–Crippen LogP) is 0.925. The van der Waals surface area contributed by atoms with E-state index in [-0.39, 0.29) is 29.7 Å². The maximum atomic E-state index is 12.1. The number of nitrogens with one attached hydrogen (secondary N) is 2. The third-order valence-corrected chi connectivity index (χ3v) is 5.54. The minimum atomic E-state index is -0.387. The molecule has 1 aromatic rings. The number of nitrogens with zero attached hydrogens (tertiary/aromatic N) is 1. The minimum absolute atomic E-state index is 0.236. The van der Waals surface area contributed by atoms with Crippen LogP contribution in [0.4, 0.5) is 4.79 Å². The van der Waals surface area contributed by atoms with Crippen molar-refractivity contribution in [3.8, 4) is 0 Å². The van der Waals surface area contributed by atoms with Crippen molar-refractivity contribution in [1.82, 2.24) is 15.5 Å². The Hall–Kier alpha value is -1.41. The van der Waals surface area contributed by atoms with E-state index in [0.717, 1.165) is 9.35 Å². The maximum absolute atomic E-state index is 12.1. The summed E-state index contributed by atoms with van der Waals surface area (Å²) in [5.41, 5.74) is 0. The van der Waals surface area contributed by atoms with Gasteiger partial charge in [0.25, 0.3) is 0 Å². The summed E-state index contributed by atoms with van der Waals surface area (Å²) >= 11 is 4.96. The molecule has 0 bridgehead atoms. The normalized spacial score (nSPS) is 24.8. The van der Waals surface area contributed by atoms with Gasteiger partial charge in [0.05, 0.1) is 18.4 Å². The summed E-state index contributed by atoms with van der Waals surface area (Å²) < 4.78 is 0.968. The lowest BCUT2D eigenvalue weighted by Crippen LogP contribution is -2.40. The van der Waals surface area contributed by atoms with E-state index in [1.54, 1.807) is 11.3 Å². The Labute approximate surface area is 127 Å². The van der Waals surface area contributed by atoms with Gasteiger partial charge in [-0.3, -0.25) is 14.9 Å². The molecule has 20 heavy (non-hydrogen) atoms. The van der Waals surface area contributed by atoms with Crippen molar-refractivity contribution < 1.29 is 14.4 Å². The summed E-state index contributed by atoms with van der Waals surface area (Å²) in [6.07, 6.45) is 0. The Morgan fingerprint density at radius 3 is 2.60 bits per heavy atom. The minimum Gasteiger partial charge on any atom is -0.333 e. The van der Waals surface area contributed by atoms with Gasteiger partial charge in [-0.1, -0.05) is 0 Å². The van der Waals surface area contributed by atoms with Gasteiger partial charge < -0.3 is 10.2 Å². The van der Waals surface area contributed by atoms with Crippen LogP contribution in [0.2, 0.25) is 0 Å². The number of thiophene rings is 1. The lowest BCUT2D eigenvalue weighted by molar-refractivity contribution is -0.126. The number of amides is 4. The molecule has 2 fully saturated rings. The van der Waals surface area contributed by atoms with Crippen LogP contribution in [0.1, 0.15) is 4.88 Å². The molecule has 4 amide bonds. The molecule has 106 valence electrons. The molecule has 0 aromatic carbocycles. The van der Waals surface area contributed by atoms with Crippen LogP contribution in [0.25, 0.3) is 0 Å². The first-order chi connectivity index (χ1) is 9.56. The largest absolute Gasteiger partial charge is 0.333 e. The monoisotopic (exact) mass is 357 g/mol. The van der Waals surface area contributed by atoms with Crippen LogP contribution in [0.15, 0.2) is 15.9 Å². The summed E-state index contributed by atoms with van der Waals surface area (Å²) in [5, 5.41) is 7.05. The first kappa shape index (κ1) is 13.6. The Bertz CT molecular complexity index is 566. The van der Waals surface area contributed by atoms with Crippen LogP contribution in [0.3, 0.4) is 0 Å². The van der Waals surface area contributed by atoms with E-state index in [2.05, 4.69) is 26.6 Å². The van der Waals surface area contributed by atoms with Gasteiger partial charge in [0, 0.05) is 22.4 Å². The number of carbonyl (C=O) groups excluding carboxylic acids is 3. The van der Waals surface area contributed by atoms with Crippen molar-refractivity contribution in [3.05, 3.63) is 20.8 Å². The van der Waals surface area contributed by atoms with Crippen molar-refractivity contribution in [2.45, 2.75) is 6.54 Å². The number of halogens is 1. The van der Waals surface area contributed by atoms with Crippen LogP contribution in [-0.4, -0.2) is 35.8 Å². The lowest BCUT2D eigenvalue weighted by atomic mass is 10.00. The van der Waals surface area contributed by atoms with Crippen molar-refractivity contribution in [2.24, 2.45) is 11.8 Å². The van der Waals surface area contributed by atoms with Gasteiger partial charge in [0.1, 0.15) is 0 Å². The summed E-state index contributed by atoms with van der Waals surface area (Å²) in [5.74, 6) is -1.31. The topological polar surface area (TPSA) is 78.5 Å². The highest BCUT2D eigenvalue weighted by atomic mass is 79.9. The van der Waals surface area contributed by atoms with Crippen LogP contribution in [0, 0.1) is 11.8 Å². The molecule has 2 aliphatic heterocycles. The van der Waals surface area contributed by atoms with Crippen LogP contribution >= 0.6 is 27.3 Å². The van der Waals surface area contributed by atoms with Gasteiger partial charge in [0.2, 0.25) is 11.8 Å². The second kappa shape index (κ2) is 5.17.